The maximum atomic E-state index is 13.6. The Balaban J connectivity index is 1.56. The van der Waals surface area contributed by atoms with Crippen LogP contribution in [0.2, 0.25) is 0 Å². The molecule has 0 radical (unpaired) electrons. The first-order valence-corrected chi connectivity index (χ1v) is 15.0. The highest BCUT2D eigenvalue weighted by molar-refractivity contribution is 7.89. The van der Waals surface area contributed by atoms with Crippen LogP contribution in [0.15, 0.2) is 77.7 Å². The molecule has 43 heavy (non-hydrogen) atoms. The Labute approximate surface area is 248 Å². The number of carbonyl (C=O) groups excluding carboxylic acids is 2. The van der Waals surface area contributed by atoms with Gasteiger partial charge >= 0.3 is 12.2 Å². The van der Waals surface area contributed by atoms with E-state index in [2.05, 4.69) is 24.5 Å². The van der Waals surface area contributed by atoms with Gasteiger partial charge in [-0.25, -0.2) is 13.2 Å². The number of benzene rings is 3. The Morgan fingerprint density at radius 1 is 1.00 bits per heavy atom. The molecule has 0 aromatic heterocycles. The topological polar surface area (TPSA) is 108 Å². The minimum atomic E-state index is -4.64. The molecule has 0 bridgehead atoms. The lowest BCUT2D eigenvalue weighted by molar-refractivity contribution is -0.137. The Kier molecular flexibility index (Phi) is 9.65. The third-order valence-corrected chi connectivity index (χ3v) is 9.07. The molecule has 1 fully saturated rings. The number of piperazine rings is 1. The maximum absolute atomic E-state index is 13.6. The number of hydrogen-bond acceptors (Lipinski definition) is 5. The molecule has 0 unspecified atom stereocenters. The second-order valence-corrected chi connectivity index (χ2v) is 12.3. The van der Waals surface area contributed by atoms with E-state index in [9.17, 15) is 31.2 Å². The number of rotatable bonds is 8. The minimum absolute atomic E-state index is 0.0594. The molecule has 230 valence electrons. The van der Waals surface area contributed by atoms with Crippen molar-refractivity contribution in [2.75, 3.05) is 32.1 Å². The lowest BCUT2D eigenvalue weighted by atomic mass is 10.0. The van der Waals surface area contributed by atoms with Crippen LogP contribution in [0.4, 0.5) is 23.7 Å². The van der Waals surface area contributed by atoms with Crippen LogP contribution in [0, 0.1) is 0 Å². The van der Waals surface area contributed by atoms with Crippen LogP contribution in [0.3, 0.4) is 0 Å². The third-order valence-electron chi connectivity index (χ3n) is 7.14. The van der Waals surface area contributed by atoms with Gasteiger partial charge in [0.25, 0.3) is 0 Å². The van der Waals surface area contributed by atoms with Gasteiger partial charge in [-0.05, 0) is 53.4 Å². The molecule has 0 spiro atoms. The molecule has 1 saturated heterocycles. The van der Waals surface area contributed by atoms with Crippen molar-refractivity contribution in [2.24, 2.45) is 0 Å². The summed E-state index contributed by atoms with van der Waals surface area (Å²) in [5, 5.41) is 5.48. The van der Waals surface area contributed by atoms with E-state index in [1.54, 1.807) is 24.3 Å². The number of amides is 3. The van der Waals surface area contributed by atoms with E-state index in [1.165, 1.54) is 12.0 Å². The van der Waals surface area contributed by atoms with Crippen LogP contribution in [-0.2, 0) is 27.5 Å². The number of nitrogens with one attached hydrogen (secondary N) is 2. The van der Waals surface area contributed by atoms with E-state index in [0.29, 0.717) is 29.5 Å². The molecule has 1 aliphatic rings. The standard InChI is InChI=1S/C30H33F3N4O5S/c1-20(2)22-9-7-21(8-10-22)18-34-28(38)27-19-36(29(39)35-24-5-4-6-25(17-24)42-3)15-16-37(27)43(40,41)26-13-11-23(12-14-26)30(31,32)33/h4-14,17,20,27H,15-16,18-19H2,1-3H3,(H,34,38)(H,35,39)/t27-/m1/s1. The molecule has 9 nitrogen and oxygen atoms in total. The van der Waals surface area contributed by atoms with Crippen molar-refractivity contribution in [2.45, 2.75) is 43.4 Å². The molecule has 3 aromatic carbocycles. The first-order chi connectivity index (χ1) is 20.3. The Hall–Kier alpha value is -4.10. The van der Waals surface area contributed by atoms with Gasteiger partial charge < -0.3 is 20.3 Å². The summed E-state index contributed by atoms with van der Waals surface area (Å²) in [5.74, 6) is 0.190. The molecule has 0 saturated carbocycles. The number of ether oxygens (including phenoxy) is 1. The van der Waals surface area contributed by atoms with Crippen molar-refractivity contribution in [3.63, 3.8) is 0 Å². The van der Waals surface area contributed by atoms with Gasteiger partial charge in [-0.3, -0.25) is 4.79 Å². The molecule has 0 aliphatic carbocycles. The van der Waals surface area contributed by atoms with Gasteiger partial charge in [-0.2, -0.15) is 17.5 Å². The fourth-order valence-electron chi connectivity index (χ4n) is 4.63. The maximum Gasteiger partial charge on any atom is 0.416 e. The predicted octanol–water partition coefficient (Wildman–Crippen LogP) is 5.06. The zero-order chi connectivity index (χ0) is 31.4. The van der Waals surface area contributed by atoms with E-state index in [4.69, 9.17) is 4.74 Å². The van der Waals surface area contributed by atoms with Crippen molar-refractivity contribution in [1.82, 2.24) is 14.5 Å². The number of alkyl halides is 3. The first kappa shape index (κ1) is 31.8. The normalized spacial score (nSPS) is 16.2. The average Bonchev–Trinajstić information content (AvgIpc) is 2.99. The number of hydrogen-bond donors (Lipinski definition) is 2. The van der Waals surface area contributed by atoms with E-state index < -0.39 is 44.6 Å². The Bertz CT molecular complexity index is 1550. The summed E-state index contributed by atoms with van der Waals surface area (Å²) in [6.45, 7) is 3.63. The first-order valence-electron chi connectivity index (χ1n) is 13.5. The Morgan fingerprint density at radius 3 is 2.28 bits per heavy atom. The highest BCUT2D eigenvalue weighted by Gasteiger charge is 2.42. The van der Waals surface area contributed by atoms with Crippen LogP contribution < -0.4 is 15.4 Å². The van der Waals surface area contributed by atoms with E-state index in [1.807, 2.05) is 24.3 Å². The lowest BCUT2D eigenvalue weighted by Gasteiger charge is -2.39. The highest BCUT2D eigenvalue weighted by Crippen LogP contribution is 2.31. The van der Waals surface area contributed by atoms with E-state index in [-0.39, 0.29) is 26.2 Å². The predicted molar refractivity (Wildman–Crippen MR) is 155 cm³/mol. The van der Waals surface area contributed by atoms with Crippen molar-refractivity contribution in [3.05, 3.63) is 89.5 Å². The molecular weight excluding hydrogens is 585 g/mol. The number of carbonyl (C=O) groups is 2. The van der Waals surface area contributed by atoms with Gasteiger partial charge in [-0.1, -0.05) is 44.2 Å². The summed E-state index contributed by atoms with van der Waals surface area (Å²) >= 11 is 0. The van der Waals surface area contributed by atoms with Crippen LogP contribution in [0.5, 0.6) is 5.75 Å². The molecule has 3 amide bonds. The highest BCUT2D eigenvalue weighted by atomic mass is 32.2. The zero-order valence-corrected chi connectivity index (χ0v) is 24.7. The summed E-state index contributed by atoms with van der Waals surface area (Å²) in [7, 11) is -2.92. The van der Waals surface area contributed by atoms with Crippen molar-refractivity contribution in [3.8, 4) is 5.75 Å². The number of sulfonamides is 1. The smallest absolute Gasteiger partial charge is 0.416 e. The second kappa shape index (κ2) is 13.0. The van der Waals surface area contributed by atoms with Crippen molar-refractivity contribution in [1.29, 1.82) is 0 Å². The summed E-state index contributed by atoms with van der Waals surface area (Å²) in [5.41, 5.74) is 1.35. The number of halogens is 3. The minimum Gasteiger partial charge on any atom is -0.497 e. The Morgan fingerprint density at radius 2 is 1.67 bits per heavy atom. The summed E-state index contributed by atoms with van der Waals surface area (Å²) < 4.78 is 72.6. The van der Waals surface area contributed by atoms with Crippen LogP contribution in [0.25, 0.3) is 0 Å². The second-order valence-electron chi connectivity index (χ2n) is 10.4. The van der Waals surface area contributed by atoms with Gasteiger partial charge in [-0.15, -0.1) is 0 Å². The summed E-state index contributed by atoms with van der Waals surface area (Å²) in [6, 6.07) is 15.5. The van der Waals surface area contributed by atoms with Gasteiger partial charge in [0.05, 0.1) is 17.6 Å². The number of anilines is 1. The van der Waals surface area contributed by atoms with Gasteiger partial charge in [0.15, 0.2) is 0 Å². The van der Waals surface area contributed by atoms with Crippen molar-refractivity contribution < 1.29 is 35.9 Å². The molecule has 3 aromatic rings. The van der Waals surface area contributed by atoms with Gasteiger partial charge in [0, 0.05) is 37.9 Å². The fourth-order valence-corrected chi connectivity index (χ4v) is 6.20. The van der Waals surface area contributed by atoms with Crippen LogP contribution in [0.1, 0.15) is 36.5 Å². The molecular formula is C30H33F3N4O5S. The summed E-state index contributed by atoms with van der Waals surface area (Å²) in [4.78, 5) is 27.5. The largest absolute Gasteiger partial charge is 0.497 e. The van der Waals surface area contributed by atoms with Crippen LogP contribution >= 0.6 is 0 Å². The van der Waals surface area contributed by atoms with Gasteiger partial charge in [0.1, 0.15) is 11.8 Å². The van der Waals surface area contributed by atoms with Crippen LogP contribution in [-0.4, -0.2) is 62.3 Å². The van der Waals surface area contributed by atoms with Gasteiger partial charge in [0.2, 0.25) is 15.9 Å². The number of nitrogens with zero attached hydrogens (tertiary/aromatic N) is 2. The monoisotopic (exact) mass is 618 g/mol. The van der Waals surface area contributed by atoms with E-state index >= 15 is 0 Å². The van der Waals surface area contributed by atoms with Crippen molar-refractivity contribution >= 4 is 27.6 Å². The molecule has 1 atom stereocenters. The number of urea groups is 1. The SMILES string of the molecule is COc1cccc(NC(=O)N2CCN(S(=O)(=O)c3ccc(C(F)(F)F)cc3)[C@@H](C(=O)NCc3ccc(C(C)C)cc3)C2)c1. The fraction of sp³-hybridized carbons (Fsp3) is 0.333. The molecule has 1 aliphatic heterocycles. The zero-order valence-electron chi connectivity index (χ0n) is 23.9. The molecule has 2 N–H and O–H groups in total. The lowest BCUT2D eigenvalue weighted by Crippen LogP contribution is -2.61. The average molecular weight is 619 g/mol. The third kappa shape index (κ3) is 7.65. The number of methoxy groups -OCH3 is 1. The molecule has 1 heterocycles. The summed E-state index contributed by atoms with van der Waals surface area (Å²) in [6.07, 6.45) is -4.64. The van der Waals surface area contributed by atoms with E-state index in [0.717, 1.165) is 27.6 Å². The molecule has 4 rings (SSSR count). The quantitative estimate of drug-likeness (QED) is 0.367. The molecule has 13 heteroatoms.